The van der Waals surface area contributed by atoms with Gasteiger partial charge in [0.1, 0.15) is 17.6 Å². The van der Waals surface area contributed by atoms with Gasteiger partial charge >= 0.3 is 0 Å². The van der Waals surface area contributed by atoms with E-state index in [0.29, 0.717) is 30.0 Å². The van der Waals surface area contributed by atoms with Crippen LogP contribution in [0.5, 0.6) is 11.5 Å². The SMILES string of the molecule is CCOc1cc2c(cc1/C=N\Nc1nc3ccccc3c(=O)n1CC)O[C@@H](C)C2. The highest BCUT2D eigenvalue weighted by Crippen LogP contribution is 2.34. The molecule has 1 aromatic heterocycles. The van der Waals surface area contributed by atoms with Gasteiger partial charge in [-0.2, -0.15) is 5.10 Å². The molecule has 0 saturated heterocycles. The topological polar surface area (TPSA) is 77.7 Å². The minimum atomic E-state index is -0.0919. The summed E-state index contributed by atoms with van der Waals surface area (Å²) in [7, 11) is 0. The molecule has 1 N–H and O–H groups in total. The molecule has 1 aliphatic rings. The number of ether oxygens (including phenoxy) is 2. The molecule has 0 amide bonds. The van der Waals surface area contributed by atoms with E-state index in [9.17, 15) is 4.79 Å². The molecule has 1 atom stereocenters. The zero-order chi connectivity index (χ0) is 20.4. The summed E-state index contributed by atoms with van der Waals surface area (Å²) in [6, 6.07) is 11.2. The number of hydrazone groups is 1. The first-order valence-electron chi connectivity index (χ1n) is 9.85. The number of nitrogens with one attached hydrogen (secondary N) is 1. The van der Waals surface area contributed by atoms with Crippen molar-refractivity contribution in [2.24, 2.45) is 5.10 Å². The Morgan fingerprint density at radius 2 is 2.17 bits per heavy atom. The second-order valence-electron chi connectivity index (χ2n) is 6.94. The molecule has 0 radical (unpaired) electrons. The standard InChI is InChI=1S/C22H24N4O3/c1-4-26-21(27)17-8-6-7-9-18(17)24-22(26)25-23-13-16-12-20-15(10-14(3)29-20)11-19(16)28-5-2/h6-9,11-14H,4-5,10H2,1-3H3,(H,24,25)/b23-13-/t14-/m0/s1. The normalized spacial score (nSPS) is 15.5. The largest absolute Gasteiger partial charge is 0.493 e. The van der Waals surface area contributed by atoms with Gasteiger partial charge < -0.3 is 9.47 Å². The molecule has 29 heavy (non-hydrogen) atoms. The Morgan fingerprint density at radius 3 is 2.97 bits per heavy atom. The Hall–Kier alpha value is -3.35. The van der Waals surface area contributed by atoms with Gasteiger partial charge in [0, 0.05) is 24.1 Å². The molecule has 7 heteroatoms. The predicted octanol–water partition coefficient (Wildman–Crippen LogP) is 3.58. The van der Waals surface area contributed by atoms with Crippen LogP contribution in [0.1, 0.15) is 31.9 Å². The average molecular weight is 392 g/mol. The molecule has 0 saturated carbocycles. The fourth-order valence-corrected chi connectivity index (χ4v) is 3.54. The first-order chi connectivity index (χ1) is 14.1. The van der Waals surface area contributed by atoms with Crippen molar-refractivity contribution in [2.45, 2.75) is 39.8 Å². The molecule has 0 aliphatic carbocycles. The third-order valence-corrected chi connectivity index (χ3v) is 4.87. The van der Waals surface area contributed by atoms with Gasteiger partial charge in [0.2, 0.25) is 5.95 Å². The number of anilines is 1. The number of nitrogens with zero attached hydrogens (tertiary/aromatic N) is 3. The number of para-hydroxylation sites is 1. The van der Waals surface area contributed by atoms with Crippen LogP contribution in [0.15, 0.2) is 46.3 Å². The van der Waals surface area contributed by atoms with Gasteiger partial charge in [0.05, 0.1) is 23.7 Å². The summed E-state index contributed by atoms with van der Waals surface area (Å²) in [6.07, 6.45) is 2.69. The maximum absolute atomic E-state index is 12.7. The number of hydrogen-bond donors (Lipinski definition) is 1. The maximum atomic E-state index is 12.7. The molecular weight excluding hydrogens is 368 g/mol. The Labute approximate surface area is 169 Å². The first-order valence-corrected chi connectivity index (χ1v) is 9.85. The van der Waals surface area contributed by atoms with Crippen molar-refractivity contribution in [1.82, 2.24) is 9.55 Å². The van der Waals surface area contributed by atoms with Gasteiger partial charge in [-0.05, 0) is 45.0 Å². The average Bonchev–Trinajstić information content (AvgIpc) is 3.07. The highest BCUT2D eigenvalue weighted by atomic mass is 16.5. The highest BCUT2D eigenvalue weighted by Gasteiger charge is 2.21. The van der Waals surface area contributed by atoms with E-state index in [1.807, 2.05) is 51.1 Å². The molecular formula is C22H24N4O3. The Kier molecular flexibility index (Phi) is 5.20. The van der Waals surface area contributed by atoms with Gasteiger partial charge in [-0.3, -0.25) is 9.36 Å². The van der Waals surface area contributed by atoms with Crippen LogP contribution in [0.2, 0.25) is 0 Å². The summed E-state index contributed by atoms with van der Waals surface area (Å²) in [4.78, 5) is 17.3. The zero-order valence-electron chi connectivity index (χ0n) is 16.8. The van der Waals surface area contributed by atoms with Gasteiger partial charge in [-0.1, -0.05) is 12.1 Å². The number of fused-ring (bicyclic) bond motifs is 2. The molecule has 4 rings (SSSR count). The number of rotatable bonds is 6. The van der Waals surface area contributed by atoms with Crippen molar-refractivity contribution in [3.8, 4) is 11.5 Å². The molecule has 2 aromatic carbocycles. The van der Waals surface area contributed by atoms with Crippen LogP contribution < -0.4 is 20.5 Å². The predicted molar refractivity (Wildman–Crippen MR) is 114 cm³/mol. The molecule has 0 unspecified atom stereocenters. The van der Waals surface area contributed by atoms with Crippen LogP contribution in [0, 0.1) is 0 Å². The van der Waals surface area contributed by atoms with E-state index >= 15 is 0 Å². The van der Waals surface area contributed by atoms with E-state index in [1.165, 1.54) is 0 Å². The number of hydrogen-bond acceptors (Lipinski definition) is 6. The lowest BCUT2D eigenvalue weighted by molar-refractivity contribution is 0.254. The molecule has 0 spiro atoms. The second-order valence-corrected chi connectivity index (χ2v) is 6.94. The van der Waals surface area contributed by atoms with Crippen LogP contribution in [0.25, 0.3) is 10.9 Å². The van der Waals surface area contributed by atoms with Crippen molar-refractivity contribution in [1.29, 1.82) is 0 Å². The van der Waals surface area contributed by atoms with Crippen LogP contribution in [-0.4, -0.2) is 28.5 Å². The van der Waals surface area contributed by atoms with Crippen molar-refractivity contribution in [3.63, 3.8) is 0 Å². The van der Waals surface area contributed by atoms with Crippen molar-refractivity contribution < 1.29 is 9.47 Å². The molecule has 3 aromatic rings. The summed E-state index contributed by atoms with van der Waals surface area (Å²) in [6.45, 7) is 6.95. The summed E-state index contributed by atoms with van der Waals surface area (Å²) >= 11 is 0. The van der Waals surface area contributed by atoms with Crippen LogP contribution in [-0.2, 0) is 13.0 Å². The monoisotopic (exact) mass is 392 g/mol. The lowest BCUT2D eigenvalue weighted by Gasteiger charge is -2.11. The van der Waals surface area contributed by atoms with Gasteiger partial charge in [-0.15, -0.1) is 0 Å². The van der Waals surface area contributed by atoms with E-state index in [0.717, 1.165) is 29.0 Å². The first kappa shape index (κ1) is 19.0. The van der Waals surface area contributed by atoms with Crippen LogP contribution in [0.4, 0.5) is 5.95 Å². The van der Waals surface area contributed by atoms with E-state index in [-0.39, 0.29) is 11.7 Å². The molecule has 2 heterocycles. The fraction of sp³-hybridized carbons (Fsp3) is 0.318. The number of benzene rings is 2. The second kappa shape index (κ2) is 7.95. The third kappa shape index (κ3) is 3.68. The van der Waals surface area contributed by atoms with Gasteiger partial charge in [-0.25, -0.2) is 10.4 Å². The number of aromatic nitrogens is 2. The van der Waals surface area contributed by atoms with Gasteiger partial charge in [0.25, 0.3) is 5.56 Å². The smallest absolute Gasteiger partial charge is 0.262 e. The minimum absolute atomic E-state index is 0.0919. The van der Waals surface area contributed by atoms with E-state index in [1.54, 1.807) is 16.8 Å². The zero-order valence-corrected chi connectivity index (χ0v) is 16.8. The summed E-state index contributed by atoms with van der Waals surface area (Å²) in [5, 5.41) is 4.91. The summed E-state index contributed by atoms with van der Waals surface area (Å²) in [5.41, 5.74) is 5.40. The maximum Gasteiger partial charge on any atom is 0.262 e. The third-order valence-electron chi connectivity index (χ3n) is 4.87. The minimum Gasteiger partial charge on any atom is -0.493 e. The fourth-order valence-electron chi connectivity index (χ4n) is 3.54. The Balaban J connectivity index is 1.66. The van der Waals surface area contributed by atoms with E-state index in [2.05, 4.69) is 15.5 Å². The summed E-state index contributed by atoms with van der Waals surface area (Å²) in [5.74, 6) is 2.02. The van der Waals surface area contributed by atoms with Crippen LogP contribution in [0.3, 0.4) is 0 Å². The molecule has 7 nitrogen and oxygen atoms in total. The molecule has 0 bridgehead atoms. The van der Waals surface area contributed by atoms with E-state index in [4.69, 9.17) is 9.47 Å². The quantitative estimate of drug-likeness (QED) is 0.512. The van der Waals surface area contributed by atoms with Crippen molar-refractivity contribution in [3.05, 3.63) is 57.9 Å². The van der Waals surface area contributed by atoms with Crippen LogP contribution >= 0.6 is 0 Å². The molecule has 0 fully saturated rings. The molecule has 1 aliphatic heterocycles. The highest BCUT2D eigenvalue weighted by molar-refractivity contribution is 5.85. The lowest BCUT2D eigenvalue weighted by atomic mass is 10.1. The lowest BCUT2D eigenvalue weighted by Crippen LogP contribution is -2.23. The Bertz CT molecular complexity index is 1140. The Morgan fingerprint density at radius 1 is 1.34 bits per heavy atom. The van der Waals surface area contributed by atoms with Crippen molar-refractivity contribution in [2.75, 3.05) is 12.0 Å². The van der Waals surface area contributed by atoms with Gasteiger partial charge in [0.15, 0.2) is 0 Å². The summed E-state index contributed by atoms with van der Waals surface area (Å²) < 4.78 is 13.2. The van der Waals surface area contributed by atoms with Crippen molar-refractivity contribution >= 4 is 23.1 Å². The molecule has 150 valence electrons. The van der Waals surface area contributed by atoms with E-state index < -0.39 is 0 Å².